The van der Waals surface area contributed by atoms with Crippen LogP contribution in [0.2, 0.25) is 5.02 Å². The van der Waals surface area contributed by atoms with E-state index in [0.717, 1.165) is 29.4 Å². The first-order valence-electron chi connectivity index (χ1n) is 8.22. The van der Waals surface area contributed by atoms with Crippen LogP contribution in [-0.4, -0.2) is 44.2 Å². The van der Waals surface area contributed by atoms with Gasteiger partial charge in [0.1, 0.15) is 18.5 Å². The number of benzene rings is 2. The Labute approximate surface area is 159 Å². The molecule has 136 valence electrons. The van der Waals surface area contributed by atoms with Crippen molar-refractivity contribution in [2.45, 2.75) is 12.5 Å². The highest BCUT2D eigenvalue weighted by Crippen LogP contribution is 2.22. The minimum absolute atomic E-state index is 0.266. The van der Waals surface area contributed by atoms with Gasteiger partial charge in [-0.3, -0.25) is 0 Å². The lowest BCUT2D eigenvalue weighted by molar-refractivity contribution is 0.106. The molecule has 0 spiro atoms. The first-order valence-corrected chi connectivity index (χ1v) is 9.78. The normalized spacial score (nSPS) is 12.0. The van der Waals surface area contributed by atoms with E-state index in [1.54, 1.807) is 11.9 Å². The lowest BCUT2D eigenvalue weighted by Crippen LogP contribution is -2.32. The Kier molecular flexibility index (Phi) is 8.41. The monoisotopic (exact) mass is 380 g/mol. The summed E-state index contributed by atoms with van der Waals surface area (Å²) in [5.74, 6) is 0.760. The van der Waals surface area contributed by atoms with E-state index in [4.69, 9.17) is 16.3 Å². The summed E-state index contributed by atoms with van der Waals surface area (Å²) in [7, 11) is 2.01. The molecule has 2 aromatic carbocycles. The Balaban J connectivity index is 1.64. The summed E-state index contributed by atoms with van der Waals surface area (Å²) in [5, 5.41) is 14.0. The van der Waals surface area contributed by atoms with Crippen molar-refractivity contribution in [3.63, 3.8) is 0 Å². The van der Waals surface area contributed by atoms with Crippen LogP contribution in [0.25, 0.3) is 0 Å². The fourth-order valence-corrected chi connectivity index (χ4v) is 2.85. The van der Waals surface area contributed by atoms with E-state index in [0.29, 0.717) is 6.54 Å². The molecule has 0 saturated carbocycles. The van der Waals surface area contributed by atoms with Crippen LogP contribution in [0.15, 0.2) is 48.5 Å². The number of nitrogens with zero attached hydrogens (tertiary/aromatic N) is 1. The SMILES string of the molecule is CSN(C)c1ccc(OC[C@@H](O)CNCCc2cccc(Cl)c2)cc1. The summed E-state index contributed by atoms with van der Waals surface area (Å²) in [6.07, 6.45) is 2.35. The number of nitrogens with one attached hydrogen (secondary N) is 1. The van der Waals surface area contributed by atoms with Gasteiger partial charge in [0.25, 0.3) is 0 Å². The van der Waals surface area contributed by atoms with Gasteiger partial charge in [0, 0.05) is 30.6 Å². The Morgan fingerprint density at radius 1 is 1.24 bits per heavy atom. The Morgan fingerprint density at radius 2 is 2.00 bits per heavy atom. The first kappa shape index (κ1) is 19.9. The van der Waals surface area contributed by atoms with E-state index in [9.17, 15) is 5.11 Å². The van der Waals surface area contributed by atoms with Gasteiger partial charge in [0.05, 0.1) is 0 Å². The van der Waals surface area contributed by atoms with Gasteiger partial charge in [-0.25, -0.2) is 0 Å². The fraction of sp³-hybridized carbons (Fsp3) is 0.368. The number of rotatable bonds is 10. The molecule has 25 heavy (non-hydrogen) atoms. The quantitative estimate of drug-likeness (QED) is 0.487. The molecular formula is C19H25ClN2O2S. The van der Waals surface area contributed by atoms with Crippen molar-refractivity contribution in [1.29, 1.82) is 0 Å². The van der Waals surface area contributed by atoms with Crippen molar-refractivity contribution < 1.29 is 9.84 Å². The van der Waals surface area contributed by atoms with Crippen LogP contribution in [0.4, 0.5) is 5.69 Å². The second-order valence-electron chi connectivity index (χ2n) is 5.72. The molecule has 6 heteroatoms. The zero-order chi connectivity index (χ0) is 18.1. The van der Waals surface area contributed by atoms with Gasteiger partial charge in [-0.15, -0.1) is 0 Å². The minimum atomic E-state index is -0.548. The molecule has 2 rings (SSSR count). The van der Waals surface area contributed by atoms with Gasteiger partial charge < -0.3 is 19.5 Å². The highest BCUT2D eigenvalue weighted by atomic mass is 35.5. The van der Waals surface area contributed by atoms with Crippen molar-refractivity contribution in [1.82, 2.24) is 5.32 Å². The van der Waals surface area contributed by atoms with Crippen LogP contribution in [-0.2, 0) is 6.42 Å². The zero-order valence-corrected chi connectivity index (χ0v) is 16.2. The molecule has 1 atom stereocenters. The maximum Gasteiger partial charge on any atom is 0.119 e. The summed E-state index contributed by atoms with van der Waals surface area (Å²) in [4.78, 5) is 0. The second kappa shape index (κ2) is 10.6. The van der Waals surface area contributed by atoms with Crippen LogP contribution in [0.3, 0.4) is 0 Å². The lowest BCUT2D eigenvalue weighted by Gasteiger charge is -2.16. The van der Waals surface area contributed by atoms with Gasteiger partial charge in [-0.2, -0.15) is 0 Å². The number of hydrogen-bond donors (Lipinski definition) is 2. The number of anilines is 1. The molecule has 0 aliphatic carbocycles. The van der Waals surface area contributed by atoms with E-state index in [-0.39, 0.29) is 6.61 Å². The summed E-state index contributed by atoms with van der Waals surface area (Å²) >= 11 is 7.61. The van der Waals surface area contributed by atoms with Crippen molar-refractivity contribution in [3.8, 4) is 5.75 Å². The van der Waals surface area contributed by atoms with Crippen molar-refractivity contribution in [2.75, 3.05) is 37.3 Å². The second-order valence-corrected chi connectivity index (χ2v) is 7.07. The van der Waals surface area contributed by atoms with Crippen molar-refractivity contribution in [2.24, 2.45) is 0 Å². The molecule has 0 aliphatic rings. The van der Waals surface area contributed by atoms with Crippen molar-refractivity contribution in [3.05, 3.63) is 59.1 Å². The number of aliphatic hydroxyl groups excluding tert-OH is 1. The third-order valence-electron chi connectivity index (χ3n) is 3.78. The average molecular weight is 381 g/mol. The zero-order valence-electron chi connectivity index (χ0n) is 14.6. The highest BCUT2D eigenvalue weighted by molar-refractivity contribution is 7.99. The summed E-state index contributed by atoms with van der Waals surface area (Å²) in [6, 6.07) is 15.7. The van der Waals surface area contributed by atoms with Crippen LogP contribution in [0.1, 0.15) is 5.56 Å². The molecule has 0 bridgehead atoms. The predicted octanol–water partition coefficient (Wildman–Crippen LogP) is 3.63. The maximum absolute atomic E-state index is 10.0. The van der Waals surface area contributed by atoms with Gasteiger partial charge in [0.15, 0.2) is 0 Å². The molecule has 0 heterocycles. The van der Waals surface area contributed by atoms with E-state index in [1.807, 2.05) is 61.8 Å². The molecule has 0 saturated heterocycles. The van der Waals surface area contributed by atoms with Crippen LogP contribution in [0, 0.1) is 0 Å². The summed E-state index contributed by atoms with van der Waals surface area (Å²) < 4.78 is 7.71. The fourth-order valence-electron chi connectivity index (χ4n) is 2.30. The molecule has 0 unspecified atom stereocenters. The molecule has 0 fully saturated rings. The lowest BCUT2D eigenvalue weighted by atomic mass is 10.1. The predicted molar refractivity (Wildman–Crippen MR) is 108 cm³/mol. The van der Waals surface area contributed by atoms with Gasteiger partial charge in [0.2, 0.25) is 0 Å². The summed E-state index contributed by atoms with van der Waals surface area (Å²) in [5.41, 5.74) is 2.30. The maximum atomic E-state index is 10.0. The van der Waals surface area contributed by atoms with E-state index in [1.165, 1.54) is 5.56 Å². The van der Waals surface area contributed by atoms with E-state index < -0.39 is 6.10 Å². The number of ether oxygens (including phenoxy) is 1. The largest absolute Gasteiger partial charge is 0.491 e. The third kappa shape index (κ3) is 7.16. The molecule has 0 amide bonds. The number of hydrogen-bond acceptors (Lipinski definition) is 5. The Morgan fingerprint density at radius 3 is 2.68 bits per heavy atom. The van der Waals surface area contributed by atoms with Gasteiger partial charge in [-0.1, -0.05) is 35.7 Å². The molecule has 0 aromatic heterocycles. The topological polar surface area (TPSA) is 44.7 Å². The summed E-state index contributed by atoms with van der Waals surface area (Å²) in [6.45, 7) is 1.54. The highest BCUT2D eigenvalue weighted by Gasteiger charge is 2.06. The standard InChI is InChI=1S/C19H25ClN2O2S/c1-22(25-2)17-6-8-19(9-7-17)24-14-18(23)13-21-11-10-15-4-3-5-16(20)12-15/h3-9,12,18,21,23H,10-11,13-14H2,1-2H3/t18-/m0/s1. The van der Waals surface area contributed by atoms with Crippen LogP contribution >= 0.6 is 23.5 Å². The van der Waals surface area contributed by atoms with Crippen molar-refractivity contribution >= 4 is 29.2 Å². The Hall–Kier alpha value is -1.40. The first-order chi connectivity index (χ1) is 12.1. The average Bonchev–Trinajstić information content (AvgIpc) is 2.63. The minimum Gasteiger partial charge on any atom is -0.491 e. The Bertz CT molecular complexity index is 640. The van der Waals surface area contributed by atoms with E-state index in [2.05, 4.69) is 9.62 Å². The molecule has 0 aliphatic heterocycles. The molecular weight excluding hydrogens is 356 g/mol. The van der Waals surface area contributed by atoms with Crippen LogP contribution < -0.4 is 14.4 Å². The molecule has 4 nitrogen and oxygen atoms in total. The van der Waals surface area contributed by atoms with E-state index >= 15 is 0 Å². The third-order valence-corrected chi connectivity index (χ3v) is 4.77. The number of halogens is 1. The smallest absolute Gasteiger partial charge is 0.119 e. The molecule has 2 N–H and O–H groups in total. The molecule has 2 aromatic rings. The van der Waals surface area contributed by atoms with Gasteiger partial charge in [-0.05, 0) is 54.9 Å². The molecule has 0 radical (unpaired) electrons. The number of aliphatic hydroxyl groups is 1. The van der Waals surface area contributed by atoms with Crippen LogP contribution in [0.5, 0.6) is 5.75 Å². The van der Waals surface area contributed by atoms with Gasteiger partial charge >= 0.3 is 0 Å².